The topological polar surface area (TPSA) is 109 Å². The molecule has 0 atom stereocenters. The molecule has 188 valence electrons. The minimum absolute atomic E-state index is 0.240. The van der Waals surface area contributed by atoms with E-state index in [4.69, 9.17) is 29.2 Å². The second-order valence-electron chi connectivity index (χ2n) is 8.33. The van der Waals surface area contributed by atoms with Gasteiger partial charge in [0.1, 0.15) is 5.82 Å². The molecule has 0 radical (unpaired) electrons. The molecule has 3 aromatic heterocycles. The molecular formula is C25H29N7O4. The highest BCUT2D eigenvalue weighted by molar-refractivity contribution is 5.85. The molecule has 0 bridgehead atoms. The van der Waals surface area contributed by atoms with Crippen LogP contribution in [-0.2, 0) is 27.2 Å². The van der Waals surface area contributed by atoms with E-state index in [2.05, 4.69) is 10.00 Å². The summed E-state index contributed by atoms with van der Waals surface area (Å²) in [6.07, 6.45) is 2.57. The number of rotatable bonds is 8. The molecule has 4 heterocycles. The lowest BCUT2D eigenvalue weighted by Gasteiger charge is -2.28. The minimum Gasteiger partial charge on any atom is -0.479 e. The van der Waals surface area contributed by atoms with Crippen LogP contribution in [0.15, 0.2) is 36.5 Å². The number of morpholine rings is 1. The Balaban J connectivity index is 1.65. The molecule has 0 unspecified atom stereocenters. The van der Waals surface area contributed by atoms with Crippen LogP contribution in [0, 0.1) is 0 Å². The summed E-state index contributed by atoms with van der Waals surface area (Å²) >= 11 is 0. The first kappa shape index (κ1) is 23.7. The maximum atomic E-state index is 11.8. The van der Waals surface area contributed by atoms with Crippen molar-refractivity contribution in [3.63, 3.8) is 0 Å². The molecule has 5 rings (SSSR count). The highest BCUT2D eigenvalue weighted by Gasteiger charge is 2.24. The Morgan fingerprint density at radius 2 is 1.86 bits per heavy atom. The molecular weight excluding hydrogens is 462 g/mol. The molecule has 1 saturated heterocycles. The molecule has 0 N–H and O–H groups in total. The Bertz CT molecular complexity index is 1360. The number of nitrogens with zero attached hydrogens (tertiary/aromatic N) is 7. The van der Waals surface area contributed by atoms with Gasteiger partial charge in [0, 0.05) is 32.3 Å². The average Bonchev–Trinajstić information content (AvgIpc) is 3.53. The van der Waals surface area contributed by atoms with Gasteiger partial charge in [-0.05, 0) is 12.5 Å². The third-order valence-electron chi connectivity index (χ3n) is 6.21. The summed E-state index contributed by atoms with van der Waals surface area (Å²) in [6.45, 7) is 5.28. The lowest BCUT2D eigenvalue weighted by molar-refractivity contribution is -0.140. The largest absolute Gasteiger partial charge is 0.479 e. The Hall–Kier alpha value is -3.99. The SMILES string of the molecule is CCn1c(CCC(=O)OC)nc2c(N3CCOCC3)nc(-n3cc(-c4ccccc4)c(OC)n3)nc21. The van der Waals surface area contributed by atoms with E-state index in [9.17, 15) is 4.79 Å². The van der Waals surface area contributed by atoms with Gasteiger partial charge in [-0.3, -0.25) is 4.79 Å². The van der Waals surface area contributed by atoms with Crippen LogP contribution >= 0.6 is 0 Å². The molecule has 1 aromatic carbocycles. The number of hydrogen-bond donors (Lipinski definition) is 0. The summed E-state index contributed by atoms with van der Waals surface area (Å²) in [6, 6.07) is 9.93. The third-order valence-corrected chi connectivity index (χ3v) is 6.21. The van der Waals surface area contributed by atoms with Crippen LogP contribution < -0.4 is 9.64 Å². The first-order valence-electron chi connectivity index (χ1n) is 12.0. The fourth-order valence-electron chi connectivity index (χ4n) is 4.38. The van der Waals surface area contributed by atoms with Gasteiger partial charge in [-0.15, -0.1) is 5.10 Å². The van der Waals surface area contributed by atoms with Crippen molar-refractivity contribution in [3.05, 3.63) is 42.4 Å². The molecule has 4 aromatic rings. The number of aryl methyl sites for hydroxylation is 2. The van der Waals surface area contributed by atoms with E-state index in [1.54, 1.807) is 11.8 Å². The van der Waals surface area contributed by atoms with Crippen molar-refractivity contribution < 1.29 is 19.0 Å². The van der Waals surface area contributed by atoms with Crippen LogP contribution in [0.5, 0.6) is 5.88 Å². The zero-order valence-electron chi connectivity index (χ0n) is 20.7. The number of fused-ring (bicyclic) bond motifs is 1. The molecule has 0 spiro atoms. The summed E-state index contributed by atoms with van der Waals surface area (Å²) in [4.78, 5) is 28.6. The standard InChI is InChI=1S/C25H29N7O4/c1-4-31-19(10-11-20(33)34-2)26-21-22(30-12-14-36-15-13-30)27-25(28-23(21)31)32-16-18(24(29-32)35-3)17-8-6-5-7-9-17/h5-9,16H,4,10-15H2,1-3H3. The summed E-state index contributed by atoms with van der Waals surface area (Å²) in [5.74, 6) is 2.11. The number of carbonyl (C=O) groups excluding carboxylic acids is 1. The number of anilines is 1. The first-order valence-corrected chi connectivity index (χ1v) is 12.0. The van der Waals surface area contributed by atoms with E-state index in [0.29, 0.717) is 62.3 Å². The molecule has 1 aliphatic heterocycles. The van der Waals surface area contributed by atoms with Crippen molar-refractivity contribution in [2.24, 2.45) is 0 Å². The summed E-state index contributed by atoms with van der Waals surface area (Å²) in [7, 11) is 2.99. The highest BCUT2D eigenvalue weighted by atomic mass is 16.5. The second kappa shape index (κ2) is 10.3. The van der Waals surface area contributed by atoms with Gasteiger partial charge in [0.05, 0.1) is 39.4 Å². The van der Waals surface area contributed by atoms with E-state index in [0.717, 1.165) is 22.8 Å². The van der Waals surface area contributed by atoms with Gasteiger partial charge in [0.15, 0.2) is 17.0 Å². The minimum atomic E-state index is -0.276. The molecule has 0 aliphatic carbocycles. The molecule has 1 aliphatic rings. The van der Waals surface area contributed by atoms with Gasteiger partial charge in [-0.25, -0.2) is 9.67 Å². The van der Waals surface area contributed by atoms with Crippen LogP contribution in [0.1, 0.15) is 19.2 Å². The fourth-order valence-corrected chi connectivity index (χ4v) is 4.38. The lowest BCUT2D eigenvalue weighted by atomic mass is 10.1. The predicted octanol–water partition coefficient (Wildman–Crippen LogP) is 2.65. The maximum absolute atomic E-state index is 11.8. The number of methoxy groups -OCH3 is 2. The summed E-state index contributed by atoms with van der Waals surface area (Å²) in [5, 5.41) is 4.64. The first-order chi connectivity index (χ1) is 17.6. The van der Waals surface area contributed by atoms with Crippen LogP contribution in [0.25, 0.3) is 28.2 Å². The van der Waals surface area contributed by atoms with Crippen molar-refractivity contribution in [1.29, 1.82) is 0 Å². The smallest absolute Gasteiger partial charge is 0.305 e. The Kier molecular flexibility index (Phi) is 6.81. The zero-order valence-corrected chi connectivity index (χ0v) is 20.7. The van der Waals surface area contributed by atoms with Crippen molar-refractivity contribution in [1.82, 2.24) is 29.3 Å². The number of aromatic nitrogens is 6. The number of imidazole rings is 1. The second-order valence-corrected chi connectivity index (χ2v) is 8.33. The number of hydrogen-bond acceptors (Lipinski definition) is 9. The third kappa shape index (κ3) is 4.49. The Labute approximate surface area is 208 Å². The number of benzene rings is 1. The molecule has 11 nitrogen and oxygen atoms in total. The highest BCUT2D eigenvalue weighted by Crippen LogP contribution is 2.31. The fraction of sp³-hybridized carbons (Fsp3) is 0.400. The van der Waals surface area contributed by atoms with Crippen LogP contribution in [-0.4, -0.2) is 75.8 Å². The zero-order chi connectivity index (χ0) is 25.1. The average molecular weight is 492 g/mol. The van der Waals surface area contributed by atoms with Crippen LogP contribution in [0.4, 0.5) is 5.82 Å². The maximum Gasteiger partial charge on any atom is 0.305 e. The quantitative estimate of drug-likeness (QED) is 0.344. The van der Waals surface area contributed by atoms with Gasteiger partial charge in [-0.2, -0.15) is 9.97 Å². The van der Waals surface area contributed by atoms with E-state index >= 15 is 0 Å². The Morgan fingerprint density at radius 3 is 2.56 bits per heavy atom. The van der Waals surface area contributed by atoms with Gasteiger partial charge in [0.2, 0.25) is 5.88 Å². The van der Waals surface area contributed by atoms with Gasteiger partial charge in [-0.1, -0.05) is 30.3 Å². The Morgan fingerprint density at radius 1 is 1.08 bits per heavy atom. The van der Waals surface area contributed by atoms with E-state index in [-0.39, 0.29) is 12.4 Å². The lowest BCUT2D eigenvalue weighted by Crippen LogP contribution is -2.37. The van der Waals surface area contributed by atoms with E-state index in [1.807, 2.05) is 48.0 Å². The number of ether oxygens (including phenoxy) is 3. The van der Waals surface area contributed by atoms with Crippen LogP contribution in [0.3, 0.4) is 0 Å². The molecule has 0 amide bonds. The van der Waals surface area contributed by atoms with E-state index < -0.39 is 0 Å². The molecule has 36 heavy (non-hydrogen) atoms. The normalized spacial score (nSPS) is 13.8. The van der Waals surface area contributed by atoms with Crippen LogP contribution in [0.2, 0.25) is 0 Å². The molecule has 1 fully saturated rings. The van der Waals surface area contributed by atoms with Gasteiger partial charge < -0.3 is 23.7 Å². The summed E-state index contributed by atoms with van der Waals surface area (Å²) in [5.41, 5.74) is 3.22. The van der Waals surface area contributed by atoms with Crippen molar-refractivity contribution in [2.75, 3.05) is 45.4 Å². The van der Waals surface area contributed by atoms with Gasteiger partial charge in [0.25, 0.3) is 5.95 Å². The molecule has 11 heteroatoms. The van der Waals surface area contributed by atoms with E-state index in [1.165, 1.54) is 7.11 Å². The monoisotopic (exact) mass is 491 g/mol. The predicted molar refractivity (Wildman–Crippen MR) is 133 cm³/mol. The van der Waals surface area contributed by atoms with Crippen molar-refractivity contribution in [2.45, 2.75) is 26.3 Å². The number of esters is 1. The van der Waals surface area contributed by atoms with Crippen molar-refractivity contribution in [3.8, 4) is 23.0 Å². The molecule has 0 saturated carbocycles. The summed E-state index contributed by atoms with van der Waals surface area (Å²) < 4.78 is 19.6. The van der Waals surface area contributed by atoms with Gasteiger partial charge >= 0.3 is 5.97 Å². The van der Waals surface area contributed by atoms with Crippen molar-refractivity contribution >= 4 is 23.0 Å². The number of carbonyl (C=O) groups is 1.